The molecule has 0 unspecified atom stereocenters. The van der Waals surface area contributed by atoms with E-state index in [4.69, 9.17) is 9.84 Å². The first-order valence-electron chi connectivity index (χ1n) is 5.92. The van der Waals surface area contributed by atoms with Gasteiger partial charge in [-0.25, -0.2) is 14.2 Å². The number of hydrogen-bond donors (Lipinski definition) is 2. The van der Waals surface area contributed by atoms with Crippen LogP contribution < -0.4 is 10.1 Å². The second kappa shape index (κ2) is 6.47. The van der Waals surface area contributed by atoms with Crippen LogP contribution in [-0.2, 0) is 4.79 Å². The molecule has 1 aromatic carbocycles. The van der Waals surface area contributed by atoms with Gasteiger partial charge in [-0.2, -0.15) is 0 Å². The summed E-state index contributed by atoms with van der Waals surface area (Å²) in [5.74, 6) is -1.62. The summed E-state index contributed by atoms with van der Waals surface area (Å²) in [7, 11) is 0. The van der Waals surface area contributed by atoms with Crippen LogP contribution in [0, 0.1) is 5.82 Å². The number of halogens is 1. The highest BCUT2D eigenvalue weighted by molar-refractivity contribution is 5.92. The third kappa shape index (κ3) is 4.27. The molecular weight excluding hydrogens is 279 g/mol. The summed E-state index contributed by atoms with van der Waals surface area (Å²) in [6, 6.07) is 8.10. The van der Waals surface area contributed by atoms with Crippen molar-refractivity contribution < 1.29 is 23.8 Å². The van der Waals surface area contributed by atoms with E-state index in [0.717, 1.165) is 12.3 Å². The average Bonchev–Trinajstić information content (AvgIpc) is 2.46. The standard InChI is InChI=1S/C14H11FN2O4/c15-10-2-1-3-11(6-10)21-8-13(18)17-12-5-4-9(7-16-12)14(19)20/h1-7H,8H2,(H,19,20)(H,16,17,18). The molecule has 2 N–H and O–H groups in total. The summed E-state index contributed by atoms with van der Waals surface area (Å²) in [5.41, 5.74) is 0.0176. The van der Waals surface area contributed by atoms with Crippen molar-refractivity contribution in [2.75, 3.05) is 11.9 Å². The maximum atomic E-state index is 12.9. The van der Waals surface area contributed by atoms with Gasteiger partial charge in [-0.3, -0.25) is 4.79 Å². The number of nitrogens with one attached hydrogen (secondary N) is 1. The minimum absolute atomic E-state index is 0.0176. The van der Waals surface area contributed by atoms with Gasteiger partial charge >= 0.3 is 5.97 Å². The van der Waals surface area contributed by atoms with Crippen LogP contribution >= 0.6 is 0 Å². The molecule has 0 spiro atoms. The molecule has 1 heterocycles. The first kappa shape index (κ1) is 14.4. The lowest BCUT2D eigenvalue weighted by Crippen LogP contribution is -2.20. The molecular formula is C14H11FN2O4. The van der Waals surface area contributed by atoms with Gasteiger partial charge < -0.3 is 15.2 Å². The van der Waals surface area contributed by atoms with Gasteiger partial charge in [0, 0.05) is 12.3 Å². The number of carbonyl (C=O) groups excluding carboxylic acids is 1. The Kier molecular flexibility index (Phi) is 4.45. The topological polar surface area (TPSA) is 88.5 Å². The average molecular weight is 290 g/mol. The lowest BCUT2D eigenvalue weighted by atomic mass is 10.3. The summed E-state index contributed by atoms with van der Waals surface area (Å²) < 4.78 is 18.0. The lowest BCUT2D eigenvalue weighted by Gasteiger charge is -2.07. The van der Waals surface area contributed by atoms with E-state index in [2.05, 4.69) is 10.3 Å². The van der Waals surface area contributed by atoms with Crippen molar-refractivity contribution in [3.8, 4) is 5.75 Å². The number of ether oxygens (including phenoxy) is 1. The fraction of sp³-hybridized carbons (Fsp3) is 0.0714. The quantitative estimate of drug-likeness (QED) is 0.878. The predicted molar refractivity (Wildman–Crippen MR) is 71.7 cm³/mol. The number of aromatic carboxylic acids is 1. The van der Waals surface area contributed by atoms with Gasteiger partial charge in [-0.1, -0.05) is 6.07 Å². The molecule has 0 atom stereocenters. The van der Waals surface area contributed by atoms with Crippen LogP contribution in [0.3, 0.4) is 0 Å². The predicted octanol–water partition coefficient (Wildman–Crippen LogP) is 1.94. The highest BCUT2D eigenvalue weighted by atomic mass is 19.1. The molecule has 7 heteroatoms. The van der Waals surface area contributed by atoms with Crippen molar-refractivity contribution in [2.45, 2.75) is 0 Å². The van der Waals surface area contributed by atoms with Crippen LogP contribution in [0.15, 0.2) is 42.6 Å². The van der Waals surface area contributed by atoms with Crippen LogP contribution in [0.2, 0.25) is 0 Å². The molecule has 1 amide bonds. The SMILES string of the molecule is O=C(COc1cccc(F)c1)Nc1ccc(C(=O)O)cn1. The van der Waals surface area contributed by atoms with Crippen LogP contribution in [0.4, 0.5) is 10.2 Å². The molecule has 0 saturated heterocycles. The highest BCUT2D eigenvalue weighted by Crippen LogP contribution is 2.12. The molecule has 0 aliphatic rings. The fourth-order valence-corrected chi connectivity index (χ4v) is 1.48. The first-order chi connectivity index (χ1) is 10.0. The Hall–Kier alpha value is -2.96. The zero-order valence-electron chi connectivity index (χ0n) is 10.7. The Morgan fingerprint density at radius 1 is 1.29 bits per heavy atom. The minimum atomic E-state index is -1.10. The summed E-state index contributed by atoms with van der Waals surface area (Å²) in [4.78, 5) is 26.0. The zero-order chi connectivity index (χ0) is 15.2. The van der Waals surface area contributed by atoms with Gasteiger partial charge in [-0.05, 0) is 24.3 Å². The summed E-state index contributed by atoms with van der Waals surface area (Å²) in [5, 5.41) is 11.1. The number of nitrogens with zero attached hydrogens (tertiary/aromatic N) is 1. The number of benzene rings is 1. The van der Waals surface area contributed by atoms with Gasteiger partial charge in [-0.15, -0.1) is 0 Å². The van der Waals surface area contributed by atoms with Crippen molar-refractivity contribution in [3.05, 3.63) is 54.0 Å². The highest BCUT2D eigenvalue weighted by Gasteiger charge is 2.07. The molecule has 21 heavy (non-hydrogen) atoms. The van der Waals surface area contributed by atoms with Gasteiger partial charge in [0.25, 0.3) is 5.91 Å². The maximum absolute atomic E-state index is 12.9. The van der Waals surface area contributed by atoms with Crippen LogP contribution in [0.5, 0.6) is 5.75 Å². The smallest absolute Gasteiger partial charge is 0.337 e. The Labute approximate surface area is 119 Å². The Morgan fingerprint density at radius 3 is 2.71 bits per heavy atom. The lowest BCUT2D eigenvalue weighted by molar-refractivity contribution is -0.118. The summed E-state index contributed by atoms with van der Waals surface area (Å²) in [6.45, 7) is -0.314. The van der Waals surface area contributed by atoms with Gasteiger partial charge in [0.2, 0.25) is 0 Å². The Bertz CT molecular complexity index is 658. The second-order valence-corrected chi connectivity index (χ2v) is 4.03. The number of anilines is 1. The molecule has 2 rings (SSSR count). The number of amides is 1. The molecule has 0 aliphatic carbocycles. The van der Waals surface area contributed by atoms with E-state index in [0.29, 0.717) is 0 Å². The third-order valence-electron chi connectivity index (χ3n) is 2.44. The largest absolute Gasteiger partial charge is 0.484 e. The third-order valence-corrected chi connectivity index (χ3v) is 2.44. The van der Waals surface area contributed by atoms with E-state index in [1.54, 1.807) is 0 Å². The van der Waals surface area contributed by atoms with Gasteiger partial charge in [0.1, 0.15) is 17.4 Å². The van der Waals surface area contributed by atoms with E-state index in [1.807, 2.05) is 0 Å². The van der Waals surface area contributed by atoms with Crippen LogP contribution in [0.25, 0.3) is 0 Å². The number of aromatic nitrogens is 1. The van der Waals surface area contributed by atoms with Crippen molar-refractivity contribution in [1.29, 1.82) is 0 Å². The van der Waals surface area contributed by atoms with Crippen molar-refractivity contribution in [1.82, 2.24) is 4.98 Å². The molecule has 0 bridgehead atoms. The van der Waals surface area contributed by atoms with E-state index in [-0.39, 0.29) is 23.7 Å². The Balaban J connectivity index is 1.88. The Morgan fingerprint density at radius 2 is 2.10 bits per heavy atom. The molecule has 108 valence electrons. The molecule has 0 fully saturated rings. The number of hydrogen-bond acceptors (Lipinski definition) is 4. The van der Waals surface area contributed by atoms with Gasteiger partial charge in [0.15, 0.2) is 6.61 Å². The molecule has 2 aromatic rings. The molecule has 0 saturated carbocycles. The molecule has 0 radical (unpaired) electrons. The van der Waals surface area contributed by atoms with Crippen LogP contribution in [-0.4, -0.2) is 28.6 Å². The van der Waals surface area contributed by atoms with E-state index >= 15 is 0 Å². The normalized spacial score (nSPS) is 9.95. The molecule has 0 aliphatic heterocycles. The van der Waals surface area contributed by atoms with E-state index in [1.165, 1.54) is 30.3 Å². The number of rotatable bonds is 5. The number of carboxylic acids is 1. The van der Waals surface area contributed by atoms with Crippen molar-refractivity contribution in [3.63, 3.8) is 0 Å². The fourth-order valence-electron chi connectivity index (χ4n) is 1.48. The van der Waals surface area contributed by atoms with E-state index < -0.39 is 17.7 Å². The maximum Gasteiger partial charge on any atom is 0.337 e. The summed E-state index contributed by atoms with van der Waals surface area (Å²) >= 11 is 0. The zero-order valence-corrected chi connectivity index (χ0v) is 10.7. The monoisotopic (exact) mass is 290 g/mol. The molecule has 1 aromatic heterocycles. The first-order valence-corrected chi connectivity index (χ1v) is 5.92. The molecule has 6 nitrogen and oxygen atoms in total. The van der Waals surface area contributed by atoms with Gasteiger partial charge in [0.05, 0.1) is 5.56 Å². The van der Waals surface area contributed by atoms with Crippen molar-refractivity contribution >= 4 is 17.7 Å². The number of carboxylic acid groups (broad SMARTS) is 1. The van der Waals surface area contributed by atoms with Crippen LogP contribution in [0.1, 0.15) is 10.4 Å². The van der Waals surface area contributed by atoms with E-state index in [9.17, 15) is 14.0 Å². The van der Waals surface area contributed by atoms with Crippen molar-refractivity contribution in [2.24, 2.45) is 0 Å². The second-order valence-electron chi connectivity index (χ2n) is 4.03. The minimum Gasteiger partial charge on any atom is -0.484 e. The number of pyridine rings is 1. The summed E-state index contributed by atoms with van der Waals surface area (Å²) in [6.07, 6.45) is 1.13. The number of carbonyl (C=O) groups is 2.